The number of benzene rings is 1. The average molecular weight is 377 g/mol. The molecule has 96 valence electrons. The van der Waals surface area contributed by atoms with Gasteiger partial charge in [0.05, 0.1) is 16.9 Å². The summed E-state index contributed by atoms with van der Waals surface area (Å²) < 4.78 is 2.90. The Balaban J connectivity index is 2.35. The third kappa shape index (κ3) is 2.87. The van der Waals surface area contributed by atoms with Gasteiger partial charge in [0, 0.05) is 10.1 Å². The van der Waals surface area contributed by atoms with Gasteiger partial charge in [-0.05, 0) is 46.7 Å². The Kier molecular flexibility index (Phi) is 4.64. The summed E-state index contributed by atoms with van der Waals surface area (Å²) in [5.74, 6) is 0. The molecule has 0 saturated heterocycles. The molecule has 2 rings (SSSR count). The maximum Gasteiger partial charge on any atom is 0.122 e. The van der Waals surface area contributed by atoms with Gasteiger partial charge in [-0.2, -0.15) is 5.10 Å². The molecule has 1 unspecified atom stereocenters. The molecule has 0 radical (unpaired) electrons. The van der Waals surface area contributed by atoms with E-state index < -0.39 is 6.10 Å². The van der Waals surface area contributed by atoms with Crippen LogP contribution < -0.4 is 0 Å². The van der Waals surface area contributed by atoms with Crippen molar-refractivity contribution in [3.63, 3.8) is 0 Å². The lowest BCUT2D eigenvalue weighted by molar-refractivity contribution is 0.207. The quantitative estimate of drug-likeness (QED) is 0.828. The van der Waals surface area contributed by atoms with Crippen molar-refractivity contribution in [2.75, 3.05) is 0 Å². The minimum absolute atomic E-state index is 0.509. The van der Waals surface area contributed by atoms with Crippen LogP contribution in [0.1, 0.15) is 30.7 Å². The number of rotatable bonds is 4. The minimum Gasteiger partial charge on any atom is -0.382 e. The first-order valence-corrected chi connectivity index (χ1v) is 7.24. The van der Waals surface area contributed by atoms with Crippen molar-refractivity contribution in [2.45, 2.75) is 26.0 Å². The molecule has 0 amide bonds. The first kappa shape index (κ1) is 13.8. The van der Waals surface area contributed by atoms with Crippen LogP contribution in [-0.4, -0.2) is 14.9 Å². The van der Waals surface area contributed by atoms with Crippen LogP contribution in [0.25, 0.3) is 0 Å². The highest BCUT2D eigenvalue weighted by Gasteiger charge is 2.19. The van der Waals surface area contributed by atoms with Crippen LogP contribution in [0.2, 0.25) is 5.02 Å². The van der Waals surface area contributed by atoms with Crippen LogP contribution in [0.3, 0.4) is 0 Å². The molecule has 1 aromatic heterocycles. The molecule has 5 heteroatoms. The first-order valence-electron chi connectivity index (χ1n) is 5.78. The van der Waals surface area contributed by atoms with Crippen LogP contribution in [0.15, 0.2) is 30.5 Å². The summed E-state index contributed by atoms with van der Waals surface area (Å²) in [4.78, 5) is 0. The van der Waals surface area contributed by atoms with E-state index >= 15 is 0 Å². The predicted octanol–water partition coefficient (Wildman–Crippen LogP) is 3.63. The van der Waals surface area contributed by atoms with Gasteiger partial charge in [-0.1, -0.05) is 30.7 Å². The molecule has 0 spiro atoms. The fourth-order valence-corrected chi connectivity index (χ4v) is 2.44. The maximum absolute atomic E-state index is 10.4. The fraction of sp³-hybridized carbons (Fsp3) is 0.308. The Hall–Kier alpha value is -0.590. The maximum atomic E-state index is 10.4. The molecule has 0 bridgehead atoms. The van der Waals surface area contributed by atoms with E-state index in [-0.39, 0.29) is 0 Å². The summed E-state index contributed by atoms with van der Waals surface area (Å²) in [5.41, 5.74) is 1.50. The topological polar surface area (TPSA) is 38.0 Å². The monoisotopic (exact) mass is 376 g/mol. The average Bonchev–Trinajstić information content (AvgIpc) is 2.71. The molecule has 3 nitrogen and oxygen atoms in total. The lowest BCUT2D eigenvalue weighted by atomic mass is 10.1. The van der Waals surface area contributed by atoms with Crippen molar-refractivity contribution in [3.8, 4) is 0 Å². The minimum atomic E-state index is -0.733. The van der Waals surface area contributed by atoms with Crippen molar-refractivity contribution in [2.24, 2.45) is 0 Å². The van der Waals surface area contributed by atoms with E-state index in [2.05, 4.69) is 34.6 Å². The summed E-state index contributed by atoms with van der Waals surface area (Å²) in [6.07, 6.45) is 1.80. The van der Waals surface area contributed by atoms with Crippen LogP contribution in [-0.2, 0) is 6.54 Å². The van der Waals surface area contributed by atoms with Gasteiger partial charge in [-0.15, -0.1) is 0 Å². The van der Waals surface area contributed by atoms with Crippen LogP contribution in [0, 0.1) is 3.57 Å². The highest BCUT2D eigenvalue weighted by molar-refractivity contribution is 14.1. The second kappa shape index (κ2) is 6.04. The van der Waals surface area contributed by atoms with E-state index in [0.717, 1.165) is 22.1 Å². The van der Waals surface area contributed by atoms with Crippen molar-refractivity contribution in [3.05, 3.63) is 50.3 Å². The highest BCUT2D eigenvalue weighted by atomic mass is 127. The van der Waals surface area contributed by atoms with Gasteiger partial charge in [0.2, 0.25) is 0 Å². The zero-order valence-corrected chi connectivity index (χ0v) is 12.9. The normalized spacial score (nSPS) is 12.7. The molecular weight excluding hydrogens is 363 g/mol. The number of hydrogen-bond acceptors (Lipinski definition) is 2. The van der Waals surface area contributed by atoms with E-state index in [1.54, 1.807) is 10.9 Å². The fourth-order valence-electron chi connectivity index (χ4n) is 1.84. The van der Waals surface area contributed by atoms with Gasteiger partial charge in [0.1, 0.15) is 6.10 Å². The van der Waals surface area contributed by atoms with Crippen molar-refractivity contribution in [1.82, 2.24) is 9.78 Å². The summed E-state index contributed by atoms with van der Waals surface area (Å²) >= 11 is 8.35. The third-order valence-corrected chi connectivity index (χ3v) is 3.72. The smallest absolute Gasteiger partial charge is 0.122 e. The van der Waals surface area contributed by atoms with Crippen LogP contribution >= 0.6 is 34.2 Å². The Morgan fingerprint density at radius 2 is 2.06 bits per heavy atom. The van der Waals surface area contributed by atoms with E-state index in [1.807, 2.05) is 24.3 Å². The Bertz CT molecular complexity index is 524. The van der Waals surface area contributed by atoms with Crippen molar-refractivity contribution >= 4 is 34.2 Å². The highest BCUT2D eigenvalue weighted by Crippen LogP contribution is 2.28. The van der Waals surface area contributed by atoms with Crippen molar-refractivity contribution in [1.29, 1.82) is 0 Å². The molecule has 0 saturated carbocycles. The second-order valence-corrected chi connectivity index (χ2v) is 5.71. The zero-order chi connectivity index (χ0) is 13.1. The number of aliphatic hydroxyl groups excluding tert-OH is 1. The molecule has 0 fully saturated rings. The Morgan fingerprint density at radius 3 is 2.67 bits per heavy atom. The predicted molar refractivity (Wildman–Crippen MR) is 80.7 cm³/mol. The number of halogens is 2. The summed E-state index contributed by atoms with van der Waals surface area (Å²) in [6, 6.07) is 7.75. The van der Waals surface area contributed by atoms with E-state index in [4.69, 9.17) is 11.6 Å². The molecule has 1 heterocycles. The SMILES string of the molecule is CCCn1ncc(Cl)c1C(O)c1ccc(I)cc1. The molecule has 0 aliphatic carbocycles. The zero-order valence-electron chi connectivity index (χ0n) is 9.98. The molecular formula is C13H14ClIN2O. The van der Waals surface area contributed by atoms with Gasteiger partial charge < -0.3 is 5.11 Å². The second-order valence-electron chi connectivity index (χ2n) is 4.05. The van der Waals surface area contributed by atoms with Crippen LogP contribution in [0.5, 0.6) is 0 Å². The number of nitrogens with zero attached hydrogens (tertiary/aromatic N) is 2. The summed E-state index contributed by atoms with van der Waals surface area (Å²) in [5, 5.41) is 15.1. The van der Waals surface area contributed by atoms with E-state index in [9.17, 15) is 5.11 Å². The molecule has 1 aromatic carbocycles. The standard InChI is InChI=1S/C13H14ClIN2O/c1-2-7-17-12(11(14)8-16-17)13(18)9-3-5-10(15)6-4-9/h3-6,8,13,18H,2,7H2,1H3. The van der Waals surface area contributed by atoms with Gasteiger partial charge in [0.25, 0.3) is 0 Å². The molecule has 1 N–H and O–H groups in total. The van der Waals surface area contributed by atoms with Crippen molar-refractivity contribution < 1.29 is 5.11 Å². The number of hydrogen-bond donors (Lipinski definition) is 1. The van der Waals surface area contributed by atoms with E-state index in [1.165, 1.54) is 0 Å². The largest absolute Gasteiger partial charge is 0.382 e. The van der Waals surface area contributed by atoms with Gasteiger partial charge in [-0.3, -0.25) is 4.68 Å². The van der Waals surface area contributed by atoms with Gasteiger partial charge in [-0.25, -0.2) is 0 Å². The van der Waals surface area contributed by atoms with Gasteiger partial charge >= 0.3 is 0 Å². The Labute approximate surface area is 125 Å². The molecule has 1 atom stereocenters. The first-order chi connectivity index (χ1) is 8.63. The molecule has 0 aliphatic heterocycles. The third-order valence-electron chi connectivity index (χ3n) is 2.71. The molecule has 2 aromatic rings. The summed E-state index contributed by atoms with van der Waals surface area (Å²) in [6.45, 7) is 2.82. The number of aliphatic hydroxyl groups is 1. The Morgan fingerprint density at radius 1 is 1.39 bits per heavy atom. The summed E-state index contributed by atoms with van der Waals surface area (Å²) in [7, 11) is 0. The number of aromatic nitrogens is 2. The lowest BCUT2D eigenvalue weighted by Crippen LogP contribution is -2.10. The van der Waals surface area contributed by atoms with Gasteiger partial charge in [0.15, 0.2) is 0 Å². The number of aryl methyl sites for hydroxylation is 1. The molecule has 0 aliphatic rings. The van der Waals surface area contributed by atoms with E-state index in [0.29, 0.717) is 10.7 Å². The lowest BCUT2D eigenvalue weighted by Gasteiger charge is -2.14. The molecule has 18 heavy (non-hydrogen) atoms. The van der Waals surface area contributed by atoms with Crippen LogP contribution in [0.4, 0.5) is 0 Å².